The van der Waals surface area contributed by atoms with Crippen LogP contribution in [-0.2, 0) is 11.3 Å². The second-order valence-electron chi connectivity index (χ2n) is 6.18. The van der Waals surface area contributed by atoms with Crippen molar-refractivity contribution in [3.63, 3.8) is 0 Å². The van der Waals surface area contributed by atoms with Crippen LogP contribution in [0, 0.1) is 0 Å². The number of rotatable bonds is 6. The summed E-state index contributed by atoms with van der Waals surface area (Å²) in [6.45, 7) is 2.09. The number of nitrogens with zero attached hydrogens (tertiary/aromatic N) is 5. The van der Waals surface area contributed by atoms with Crippen molar-refractivity contribution in [2.45, 2.75) is 51.3 Å². The normalized spacial score (nSPS) is 16.5. The van der Waals surface area contributed by atoms with E-state index >= 15 is 0 Å². The van der Waals surface area contributed by atoms with Crippen LogP contribution < -0.4 is 0 Å². The van der Waals surface area contributed by atoms with Crippen molar-refractivity contribution in [3.8, 4) is 0 Å². The molecule has 2 heterocycles. The van der Waals surface area contributed by atoms with Crippen molar-refractivity contribution < 1.29 is 14.1 Å². The predicted molar refractivity (Wildman–Crippen MR) is 85.3 cm³/mol. The van der Waals surface area contributed by atoms with E-state index in [2.05, 4.69) is 15.2 Å². The van der Waals surface area contributed by atoms with Gasteiger partial charge in [-0.3, -0.25) is 9.48 Å². The number of carbonyl (C=O) groups excluding carboxylic acids is 1. The Kier molecular flexibility index (Phi) is 4.94. The van der Waals surface area contributed by atoms with Gasteiger partial charge in [0.1, 0.15) is 18.3 Å². The highest BCUT2D eigenvalue weighted by Crippen LogP contribution is 2.30. The van der Waals surface area contributed by atoms with Gasteiger partial charge in [0.15, 0.2) is 5.82 Å². The van der Waals surface area contributed by atoms with Crippen molar-refractivity contribution in [2.24, 2.45) is 0 Å². The van der Waals surface area contributed by atoms with Gasteiger partial charge in [0.25, 0.3) is 5.91 Å². The molecular weight excluding hydrogens is 310 g/mol. The van der Waals surface area contributed by atoms with E-state index in [1.165, 1.54) is 12.8 Å². The maximum Gasteiger partial charge on any atom is 0.272 e. The molecule has 0 bridgehead atoms. The third-order valence-corrected chi connectivity index (χ3v) is 4.48. The fourth-order valence-electron chi connectivity index (χ4n) is 3.00. The molecule has 130 valence electrons. The van der Waals surface area contributed by atoms with E-state index in [1.807, 2.05) is 11.6 Å². The number of hydrogen-bond donors (Lipinski definition) is 0. The van der Waals surface area contributed by atoms with E-state index in [1.54, 1.807) is 31.3 Å². The molecule has 1 aliphatic carbocycles. The first-order chi connectivity index (χ1) is 11.6. The Hall–Kier alpha value is -2.22. The molecule has 0 radical (unpaired) electrons. The third kappa shape index (κ3) is 3.33. The fraction of sp³-hybridized carbons (Fsp3) is 0.625. The zero-order valence-corrected chi connectivity index (χ0v) is 14.3. The number of aromatic nitrogens is 4. The van der Waals surface area contributed by atoms with E-state index in [-0.39, 0.29) is 18.6 Å². The summed E-state index contributed by atoms with van der Waals surface area (Å²) in [6.07, 6.45) is 5.98. The lowest BCUT2D eigenvalue weighted by Crippen LogP contribution is -2.29. The molecule has 1 amide bonds. The van der Waals surface area contributed by atoms with Crippen molar-refractivity contribution >= 4 is 5.91 Å². The SMILES string of the molecule is COC(C)c1noc(CN(C)C(=O)c2ccnn2C2CCCC2)n1. The first kappa shape index (κ1) is 16.6. The second kappa shape index (κ2) is 7.12. The van der Waals surface area contributed by atoms with Crippen LogP contribution >= 0.6 is 0 Å². The minimum atomic E-state index is -0.243. The highest BCUT2D eigenvalue weighted by molar-refractivity contribution is 5.92. The van der Waals surface area contributed by atoms with Crippen LogP contribution in [0.4, 0.5) is 0 Å². The van der Waals surface area contributed by atoms with Gasteiger partial charge < -0.3 is 14.2 Å². The quantitative estimate of drug-likeness (QED) is 0.806. The van der Waals surface area contributed by atoms with E-state index in [4.69, 9.17) is 9.26 Å². The van der Waals surface area contributed by atoms with Crippen molar-refractivity contribution in [3.05, 3.63) is 29.7 Å². The highest BCUT2D eigenvalue weighted by Gasteiger charge is 2.25. The summed E-state index contributed by atoms with van der Waals surface area (Å²) >= 11 is 0. The van der Waals surface area contributed by atoms with E-state index in [0.717, 1.165) is 12.8 Å². The molecule has 1 saturated carbocycles. The van der Waals surface area contributed by atoms with Gasteiger partial charge in [0, 0.05) is 20.4 Å². The number of carbonyl (C=O) groups is 1. The summed E-state index contributed by atoms with van der Waals surface area (Å²) in [7, 11) is 3.30. The summed E-state index contributed by atoms with van der Waals surface area (Å²) < 4.78 is 12.2. The van der Waals surface area contributed by atoms with Gasteiger partial charge in [0.05, 0.1) is 6.04 Å². The highest BCUT2D eigenvalue weighted by atomic mass is 16.5. The van der Waals surface area contributed by atoms with Gasteiger partial charge in [-0.1, -0.05) is 18.0 Å². The summed E-state index contributed by atoms with van der Waals surface area (Å²) in [5, 5.41) is 8.22. The molecule has 2 aromatic rings. The van der Waals surface area contributed by atoms with Gasteiger partial charge in [0.2, 0.25) is 5.89 Å². The minimum absolute atomic E-state index is 0.0982. The number of ether oxygens (including phenoxy) is 1. The van der Waals surface area contributed by atoms with E-state index in [0.29, 0.717) is 23.5 Å². The second-order valence-corrected chi connectivity index (χ2v) is 6.18. The molecule has 1 atom stereocenters. The molecule has 0 spiro atoms. The monoisotopic (exact) mass is 333 g/mol. The number of methoxy groups -OCH3 is 1. The van der Waals surface area contributed by atoms with Gasteiger partial charge in [-0.2, -0.15) is 10.1 Å². The Balaban J connectivity index is 1.69. The van der Waals surface area contributed by atoms with Crippen molar-refractivity contribution in [1.29, 1.82) is 0 Å². The first-order valence-corrected chi connectivity index (χ1v) is 8.24. The van der Waals surface area contributed by atoms with Crippen LogP contribution in [0.15, 0.2) is 16.8 Å². The predicted octanol–water partition coefficient (Wildman–Crippen LogP) is 2.36. The average molecular weight is 333 g/mol. The lowest BCUT2D eigenvalue weighted by Gasteiger charge is -2.18. The van der Waals surface area contributed by atoms with Crippen LogP contribution in [0.3, 0.4) is 0 Å². The zero-order valence-electron chi connectivity index (χ0n) is 14.3. The summed E-state index contributed by atoms with van der Waals surface area (Å²) in [5.74, 6) is 0.764. The number of amides is 1. The molecule has 8 heteroatoms. The molecule has 1 fully saturated rings. The number of hydrogen-bond acceptors (Lipinski definition) is 6. The Labute approximate surface area is 140 Å². The lowest BCUT2D eigenvalue weighted by molar-refractivity contribution is 0.0754. The molecule has 0 aromatic carbocycles. The molecule has 0 N–H and O–H groups in total. The van der Waals surface area contributed by atoms with Gasteiger partial charge in [-0.15, -0.1) is 0 Å². The van der Waals surface area contributed by atoms with Gasteiger partial charge in [-0.05, 0) is 25.8 Å². The van der Waals surface area contributed by atoms with Crippen LogP contribution in [0.25, 0.3) is 0 Å². The maximum absolute atomic E-state index is 12.7. The summed E-state index contributed by atoms with van der Waals surface area (Å²) in [5.41, 5.74) is 0.606. The lowest BCUT2D eigenvalue weighted by atomic mass is 10.2. The Bertz CT molecular complexity index is 689. The third-order valence-electron chi connectivity index (χ3n) is 4.48. The Morgan fingerprint density at radius 2 is 2.25 bits per heavy atom. The molecule has 2 aromatic heterocycles. The van der Waals surface area contributed by atoms with Crippen molar-refractivity contribution in [2.75, 3.05) is 14.2 Å². The van der Waals surface area contributed by atoms with E-state index < -0.39 is 0 Å². The molecule has 0 aliphatic heterocycles. The van der Waals surface area contributed by atoms with Crippen molar-refractivity contribution in [1.82, 2.24) is 24.8 Å². The Morgan fingerprint density at radius 1 is 1.50 bits per heavy atom. The topological polar surface area (TPSA) is 86.3 Å². The van der Waals surface area contributed by atoms with Gasteiger partial charge in [-0.25, -0.2) is 0 Å². The molecule has 24 heavy (non-hydrogen) atoms. The summed E-state index contributed by atoms with van der Waals surface area (Å²) in [4.78, 5) is 18.6. The molecule has 0 saturated heterocycles. The van der Waals surface area contributed by atoms with Crippen LogP contribution in [0.2, 0.25) is 0 Å². The fourth-order valence-corrected chi connectivity index (χ4v) is 3.00. The maximum atomic E-state index is 12.7. The van der Waals surface area contributed by atoms with Crippen LogP contribution in [0.1, 0.15) is 67.0 Å². The molecule has 8 nitrogen and oxygen atoms in total. The molecule has 3 rings (SSSR count). The minimum Gasteiger partial charge on any atom is -0.374 e. The average Bonchev–Trinajstić information content (AvgIpc) is 3.32. The zero-order chi connectivity index (χ0) is 17.1. The largest absolute Gasteiger partial charge is 0.374 e. The molecule has 1 unspecified atom stereocenters. The van der Waals surface area contributed by atoms with E-state index in [9.17, 15) is 4.79 Å². The molecule has 1 aliphatic rings. The van der Waals surface area contributed by atoms with Crippen LogP contribution in [-0.4, -0.2) is 44.9 Å². The van der Waals surface area contributed by atoms with Gasteiger partial charge >= 0.3 is 0 Å². The standard InChI is InChI=1S/C16H23N5O3/c1-11(23-3)15-18-14(24-19-15)10-20(2)16(22)13-8-9-17-21(13)12-6-4-5-7-12/h8-9,11-12H,4-7,10H2,1-3H3. The smallest absolute Gasteiger partial charge is 0.272 e. The molecular formula is C16H23N5O3. The summed E-state index contributed by atoms with van der Waals surface area (Å²) in [6, 6.07) is 2.09. The Morgan fingerprint density at radius 3 is 2.96 bits per heavy atom. The first-order valence-electron chi connectivity index (χ1n) is 8.24. The van der Waals surface area contributed by atoms with Crippen LogP contribution in [0.5, 0.6) is 0 Å².